The maximum atomic E-state index is 12.4. The zero-order valence-electron chi connectivity index (χ0n) is 10.0. The van der Waals surface area contributed by atoms with Crippen molar-refractivity contribution in [2.75, 3.05) is 5.73 Å². The molecular formula is C12H9BrN2O2S3. The molecule has 3 rings (SSSR count). The van der Waals surface area contributed by atoms with Crippen molar-refractivity contribution in [1.29, 1.82) is 0 Å². The molecule has 104 valence electrons. The highest BCUT2D eigenvalue weighted by molar-refractivity contribution is 9.11. The molecule has 0 fully saturated rings. The Labute approximate surface area is 132 Å². The third-order valence-corrected chi connectivity index (χ3v) is 7.57. The second-order valence-corrected chi connectivity index (χ2v) is 9.91. The number of nitrogens with two attached hydrogens (primary N) is 1. The van der Waals surface area contributed by atoms with Gasteiger partial charge in [0.2, 0.25) is 14.2 Å². The molecule has 3 aromatic rings. The number of hydrogen-bond donors (Lipinski definition) is 1. The number of anilines is 1. The van der Waals surface area contributed by atoms with E-state index >= 15 is 0 Å². The van der Waals surface area contributed by atoms with Crippen molar-refractivity contribution < 1.29 is 8.42 Å². The van der Waals surface area contributed by atoms with Crippen LogP contribution in [-0.4, -0.2) is 13.4 Å². The van der Waals surface area contributed by atoms with Crippen LogP contribution in [0.3, 0.4) is 0 Å². The Morgan fingerprint density at radius 3 is 2.70 bits per heavy atom. The number of thiophene rings is 1. The molecule has 20 heavy (non-hydrogen) atoms. The summed E-state index contributed by atoms with van der Waals surface area (Å²) in [5.41, 5.74) is 6.96. The Hall–Kier alpha value is -0.960. The van der Waals surface area contributed by atoms with Crippen LogP contribution in [0.4, 0.5) is 5.69 Å². The van der Waals surface area contributed by atoms with Gasteiger partial charge in [-0.05, 0) is 46.3 Å². The molecule has 0 saturated carbocycles. The van der Waals surface area contributed by atoms with Crippen LogP contribution in [0.1, 0.15) is 4.88 Å². The van der Waals surface area contributed by atoms with Gasteiger partial charge in [-0.25, -0.2) is 13.4 Å². The van der Waals surface area contributed by atoms with Crippen molar-refractivity contribution in [3.8, 4) is 0 Å². The van der Waals surface area contributed by atoms with E-state index in [-0.39, 0.29) is 10.1 Å². The summed E-state index contributed by atoms with van der Waals surface area (Å²) in [5, 5.41) is 0. The summed E-state index contributed by atoms with van der Waals surface area (Å²) >= 11 is 5.90. The number of nitrogen functional groups attached to an aromatic ring is 1. The molecule has 2 N–H and O–H groups in total. The summed E-state index contributed by atoms with van der Waals surface area (Å²) in [7, 11) is -3.42. The zero-order valence-corrected chi connectivity index (χ0v) is 14.1. The van der Waals surface area contributed by atoms with Gasteiger partial charge in [0.15, 0.2) is 0 Å². The SMILES string of the molecule is Nc1ccc2nc(S(=O)(=O)Cc3ccc(Br)s3)sc2c1. The number of nitrogens with zero attached hydrogens (tertiary/aromatic N) is 1. The second kappa shape index (κ2) is 5.10. The summed E-state index contributed by atoms with van der Waals surface area (Å²) in [6.45, 7) is 0. The third kappa shape index (κ3) is 2.73. The van der Waals surface area contributed by atoms with E-state index in [1.165, 1.54) is 11.3 Å². The molecule has 0 unspecified atom stereocenters. The first-order valence-corrected chi connectivity index (χ1v) is 9.65. The largest absolute Gasteiger partial charge is 0.399 e. The van der Waals surface area contributed by atoms with Gasteiger partial charge in [0.05, 0.1) is 19.8 Å². The van der Waals surface area contributed by atoms with E-state index in [2.05, 4.69) is 20.9 Å². The summed E-state index contributed by atoms with van der Waals surface area (Å²) in [5.74, 6) is -0.0292. The van der Waals surface area contributed by atoms with Gasteiger partial charge in [-0.2, -0.15) is 0 Å². The quantitative estimate of drug-likeness (QED) is 0.694. The maximum Gasteiger partial charge on any atom is 0.210 e. The number of aromatic nitrogens is 1. The highest BCUT2D eigenvalue weighted by Crippen LogP contribution is 2.31. The van der Waals surface area contributed by atoms with Crippen molar-refractivity contribution in [2.24, 2.45) is 0 Å². The Balaban J connectivity index is 2.00. The minimum atomic E-state index is -3.42. The number of halogens is 1. The first-order chi connectivity index (χ1) is 9.44. The highest BCUT2D eigenvalue weighted by Gasteiger charge is 2.21. The van der Waals surface area contributed by atoms with Crippen molar-refractivity contribution in [3.05, 3.63) is 39.0 Å². The Morgan fingerprint density at radius 2 is 2.00 bits per heavy atom. The van der Waals surface area contributed by atoms with Crippen molar-refractivity contribution in [1.82, 2.24) is 4.98 Å². The summed E-state index contributed by atoms with van der Waals surface area (Å²) in [6.07, 6.45) is 0. The average molecular weight is 389 g/mol. The number of benzene rings is 1. The zero-order chi connectivity index (χ0) is 14.3. The topological polar surface area (TPSA) is 73.0 Å². The Bertz CT molecular complexity index is 883. The number of sulfone groups is 1. The minimum Gasteiger partial charge on any atom is -0.399 e. The van der Waals surface area contributed by atoms with Gasteiger partial charge in [-0.3, -0.25) is 0 Å². The van der Waals surface area contributed by atoms with Crippen LogP contribution in [0.2, 0.25) is 0 Å². The fourth-order valence-corrected chi connectivity index (χ4v) is 6.24. The van der Waals surface area contributed by atoms with Crippen LogP contribution >= 0.6 is 38.6 Å². The van der Waals surface area contributed by atoms with E-state index in [1.807, 2.05) is 6.07 Å². The van der Waals surface area contributed by atoms with Crippen molar-refractivity contribution in [2.45, 2.75) is 10.1 Å². The number of rotatable bonds is 3. The van der Waals surface area contributed by atoms with Crippen LogP contribution in [0, 0.1) is 0 Å². The van der Waals surface area contributed by atoms with E-state index < -0.39 is 9.84 Å². The fraction of sp³-hybridized carbons (Fsp3) is 0.0833. The Kier molecular flexibility index (Phi) is 3.57. The lowest BCUT2D eigenvalue weighted by molar-refractivity contribution is 0.595. The fourth-order valence-electron chi connectivity index (χ4n) is 1.73. The molecule has 0 amide bonds. The predicted octanol–water partition coefficient (Wildman–Crippen LogP) is 3.68. The van der Waals surface area contributed by atoms with Crippen molar-refractivity contribution in [3.63, 3.8) is 0 Å². The molecule has 0 aliphatic heterocycles. The molecule has 4 nitrogen and oxygen atoms in total. The van der Waals surface area contributed by atoms with E-state index in [0.29, 0.717) is 11.2 Å². The smallest absolute Gasteiger partial charge is 0.210 e. The van der Waals surface area contributed by atoms with Gasteiger partial charge in [0.25, 0.3) is 0 Å². The molecule has 0 radical (unpaired) electrons. The molecule has 0 atom stereocenters. The van der Waals surface area contributed by atoms with E-state index in [0.717, 1.165) is 24.7 Å². The summed E-state index contributed by atoms with van der Waals surface area (Å²) < 4.78 is 26.6. The molecule has 8 heteroatoms. The molecule has 2 heterocycles. The second-order valence-electron chi connectivity index (χ2n) is 4.17. The number of fused-ring (bicyclic) bond motifs is 1. The van der Waals surface area contributed by atoms with E-state index in [9.17, 15) is 8.42 Å². The monoisotopic (exact) mass is 388 g/mol. The third-order valence-electron chi connectivity index (χ3n) is 2.62. The van der Waals surface area contributed by atoms with E-state index in [4.69, 9.17) is 5.73 Å². The summed E-state index contributed by atoms with van der Waals surface area (Å²) in [6, 6.07) is 8.84. The molecule has 2 aromatic heterocycles. The molecule has 0 aliphatic rings. The molecule has 0 bridgehead atoms. The van der Waals surface area contributed by atoms with Crippen LogP contribution < -0.4 is 5.73 Å². The summed E-state index contributed by atoms with van der Waals surface area (Å²) in [4.78, 5) is 4.98. The van der Waals surface area contributed by atoms with Gasteiger partial charge in [0.1, 0.15) is 0 Å². The lowest BCUT2D eigenvalue weighted by atomic mass is 10.3. The lowest BCUT2D eigenvalue weighted by Crippen LogP contribution is -2.02. The number of hydrogen-bond acceptors (Lipinski definition) is 6. The Morgan fingerprint density at radius 1 is 1.20 bits per heavy atom. The van der Waals surface area contributed by atoms with Crippen molar-refractivity contribution >= 4 is 64.3 Å². The molecular weight excluding hydrogens is 380 g/mol. The first kappa shape index (κ1) is 14.0. The van der Waals surface area contributed by atoms with E-state index in [1.54, 1.807) is 24.3 Å². The maximum absolute atomic E-state index is 12.4. The normalized spacial score (nSPS) is 12.1. The van der Waals surface area contributed by atoms with Gasteiger partial charge < -0.3 is 5.73 Å². The number of thiazole rings is 1. The van der Waals surface area contributed by atoms with Gasteiger partial charge in [0, 0.05) is 10.6 Å². The molecule has 0 saturated heterocycles. The van der Waals surface area contributed by atoms with Gasteiger partial charge in [-0.1, -0.05) is 0 Å². The van der Waals surface area contributed by atoms with Crippen LogP contribution in [0.15, 0.2) is 38.5 Å². The van der Waals surface area contributed by atoms with Crippen LogP contribution in [-0.2, 0) is 15.6 Å². The first-order valence-electron chi connectivity index (χ1n) is 5.57. The lowest BCUT2D eigenvalue weighted by Gasteiger charge is -1.97. The van der Waals surface area contributed by atoms with Gasteiger partial charge >= 0.3 is 0 Å². The van der Waals surface area contributed by atoms with Crippen LogP contribution in [0.5, 0.6) is 0 Å². The van der Waals surface area contributed by atoms with Crippen LogP contribution in [0.25, 0.3) is 10.2 Å². The highest BCUT2D eigenvalue weighted by atomic mass is 79.9. The molecule has 0 aliphatic carbocycles. The molecule has 0 spiro atoms. The molecule has 1 aromatic carbocycles. The minimum absolute atomic E-state index is 0.0292. The van der Waals surface area contributed by atoms with Gasteiger partial charge in [-0.15, -0.1) is 22.7 Å². The average Bonchev–Trinajstić information content (AvgIpc) is 2.95. The standard InChI is InChI=1S/C12H9BrN2O2S3/c13-11-4-2-8(18-11)6-20(16,17)12-15-9-3-1-7(14)5-10(9)19-12/h1-5H,6,14H2. The predicted molar refractivity (Wildman–Crippen MR) is 86.9 cm³/mol.